The minimum Gasteiger partial charge on any atom is -0.444 e. The molecule has 13 nitrogen and oxygen atoms in total. The van der Waals surface area contributed by atoms with Crippen LogP contribution >= 0.6 is 0 Å². The Morgan fingerprint density at radius 1 is 1.00 bits per heavy atom. The fourth-order valence-electron chi connectivity index (χ4n) is 3.30. The average Bonchev–Trinajstić information content (AvgIpc) is 3.28. The fraction of sp³-hybridized carbons (Fsp3) is 0.583. The molecule has 38 heavy (non-hydrogen) atoms. The van der Waals surface area contributed by atoms with Crippen LogP contribution in [0, 0.1) is 5.92 Å². The number of ether oxygens (including phenoxy) is 3. The Morgan fingerprint density at radius 3 is 2.11 bits per heavy atom. The van der Waals surface area contributed by atoms with Crippen LogP contribution in [-0.2, 0) is 29.0 Å². The van der Waals surface area contributed by atoms with Crippen molar-refractivity contribution in [1.82, 2.24) is 25.6 Å². The van der Waals surface area contributed by atoms with E-state index in [1.807, 2.05) is 13.8 Å². The molecule has 14 heteroatoms. The zero-order valence-corrected chi connectivity index (χ0v) is 23.3. The first-order valence-corrected chi connectivity index (χ1v) is 13.8. The number of sulfonamides is 1. The van der Waals surface area contributed by atoms with Crippen molar-refractivity contribution < 1.29 is 32.2 Å². The van der Waals surface area contributed by atoms with Crippen molar-refractivity contribution >= 4 is 22.0 Å². The molecule has 2 aromatic rings. The van der Waals surface area contributed by atoms with Gasteiger partial charge in [0.05, 0.1) is 37.5 Å². The van der Waals surface area contributed by atoms with Crippen molar-refractivity contribution in [3.05, 3.63) is 30.5 Å². The summed E-state index contributed by atoms with van der Waals surface area (Å²) in [6, 6.07) is 5.35. The van der Waals surface area contributed by atoms with Crippen LogP contribution in [0.2, 0.25) is 0 Å². The van der Waals surface area contributed by atoms with Crippen LogP contribution in [0.15, 0.2) is 35.4 Å². The third kappa shape index (κ3) is 10.7. The normalized spacial score (nSPS) is 12.8. The van der Waals surface area contributed by atoms with Crippen molar-refractivity contribution in [1.29, 1.82) is 0 Å². The summed E-state index contributed by atoms with van der Waals surface area (Å²) in [5, 5.41) is 18.8. The molecule has 2 rings (SSSR count). The number of hydrogen-bond donors (Lipinski definition) is 3. The molecule has 4 N–H and O–H groups in total. The molecule has 0 spiro atoms. The SMILES string of the molecule is CC(C)[C@@H](C(=O)NCCOCCOCCNC(=O)OC(C)(C)C)n1cc(-c2ccc(S(N)(=O)=O)cc2)nn1. The molecular weight excluding hydrogens is 516 g/mol. The molecular formula is C24H38N6O7S. The number of nitrogens with zero attached hydrogens (tertiary/aromatic N) is 3. The van der Waals surface area contributed by atoms with Crippen LogP contribution in [0.5, 0.6) is 0 Å². The largest absolute Gasteiger partial charge is 0.444 e. The lowest BCUT2D eigenvalue weighted by Gasteiger charge is -2.20. The summed E-state index contributed by atoms with van der Waals surface area (Å²) in [5.41, 5.74) is 0.589. The molecule has 1 aromatic carbocycles. The lowest BCUT2D eigenvalue weighted by atomic mass is 10.0. The number of nitrogens with two attached hydrogens (primary N) is 1. The Hall–Kier alpha value is -3.07. The highest BCUT2D eigenvalue weighted by molar-refractivity contribution is 7.89. The number of aromatic nitrogens is 3. The topological polar surface area (TPSA) is 177 Å². The van der Waals surface area contributed by atoms with Gasteiger partial charge in [-0.3, -0.25) is 4.79 Å². The maximum atomic E-state index is 12.8. The van der Waals surface area contributed by atoms with Crippen LogP contribution in [0.3, 0.4) is 0 Å². The second-order valence-corrected chi connectivity index (χ2v) is 11.3. The minimum absolute atomic E-state index is 0.00272. The van der Waals surface area contributed by atoms with Crippen LogP contribution in [-0.4, -0.2) is 80.5 Å². The molecule has 0 aliphatic carbocycles. The Bertz CT molecular complexity index is 1140. The maximum absolute atomic E-state index is 12.8. The van der Waals surface area contributed by atoms with E-state index in [0.717, 1.165) is 0 Å². The van der Waals surface area contributed by atoms with E-state index in [1.165, 1.54) is 16.8 Å². The van der Waals surface area contributed by atoms with E-state index in [4.69, 9.17) is 19.3 Å². The van der Waals surface area contributed by atoms with Gasteiger partial charge in [-0.1, -0.05) is 31.2 Å². The van der Waals surface area contributed by atoms with Gasteiger partial charge in [-0.05, 0) is 38.8 Å². The summed E-state index contributed by atoms with van der Waals surface area (Å²) < 4.78 is 40.4. The molecule has 0 bridgehead atoms. The molecule has 1 aromatic heterocycles. The molecule has 0 saturated heterocycles. The van der Waals surface area contributed by atoms with Crippen LogP contribution in [0.25, 0.3) is 11.3 Å². The second-order valence-electron chi connectivity index (χ2n) is 9.79. The van der Waals surface area contributed by atoms with Crippen LogP contribution in [0.4, 0.5) is 4.79 Å². The Kier molecular flexibility index (Phi) is 11.6. The van der Waals surface area contributed by atoms with Crippen molar-refractivity contribution in [2.75, 3.05) is 39.5 Å². The first kappa shape index (κ1) is 31.1. The smallest absolute Gasteiger partial charge is 0.407 e. The molecule has 0 unspecified atom stereocenters. The Morgan fingerprint density at radius 2 is 1.58 bits per heavy atom. The van der Waals surface area contributed by atoms with Crippen molar-refractivity contribution in [2.24, 2.45) is 11.1 Å². The maximum Gasteiger partial charge on any atom is 0.407 e. The van der Waals surface area contributed by atoms with Gasteiger partial charge in [0.2, 0.25) is 15.9 Å². The number of nitrogens with one attached hydrogen (secondary N) is 2. The molecule has 0 aliphatic heterocycles. The lowest BCUT2D eigenvalue weighted by Crippen LogP contribution is -2.37. The van der Waals surface area contributed by atoms with Crippen LogP contribution < -0.4 is 15.8 Å². The molecule has 0 aliphatic rings. The first-order chi connectivity index (χ1) is 17.8. The second kappa shape index (κ2) is 14.2. The van der Waals surface area contributed by atoms with Gasteiger partial charge < -0.3 is 24.8 Å². The van der Waals surface area contributed by atoms with Gasteiger partial charge in [0.1, 0.15) is 17.3 Å². The summed E-state index contributed by atoms with van der Waals surface area (Å²) in [7, 11) is -3.79. The third-order valence-corrected chi connectivity index (χ3v) is 5.94. The van der Waals surface area contributed by atoms with Gasteiger partial charge in [0.15, 0.2) is 0 Å². The highest BCUT2D eigenvalue weighted by Gasteiger charge is 2.25. The molecule has 212 valence electrons. The summed E-state index contributed by atoms with van der Waals surface area (Å²) in [6.45, 7) is 11.1. The number of primary sulfonamides is 1. The predicted octanol–water partition coefficient (Wildman–Crippen LogP) is 1.46. The van der Waals surface area contributed by atoms with Crippen molar-refractivity contribution in [3.63, 3.8) is 0 Å². The summed E-state index contributed by atoms with van der Waals surface area (Å²) >= 11 is 0. The number of rotatable bonds is 14. The van der Waals surface area contributed by atoms with Gasteiger partial charge in [0.25, 0.3) is 0 Å². The van der Waals surface area contributed by atoms with E-state index in [0.29, 0.717) is 50.8 Å². The van der Waals surface area contributed by atoms with E-state index < -0.39 is 27.8 Å². The van der Waals surface area contributed by atoms with E-state index in [2.05, 4.69) is 20.9 Å². The highest BCUT2D eigenvalue weighted by atomic mass is 32.2. The molecule has 1 atom stereocenters. The van der Waals surface area contributed by atoms with Gasteiger partial charge in [-0.2, -0.15) is 0 Å². The number of amides is 2. The molecule has 0 radical (unpaired) electrons. The zero-order valence-electron chi connectivity index (χ0n) is 22.5. The average molecular weight is 555 g/mol. The van der Waals surface area contributed by atoms with Crippen molar-refractivity contribution in [3.8, 4) is 11.3 Å². The van der Waals surface area contributed by atoms with Gasteiger partial charge in [0, 0.05) is 18.7 Å². The lowest BCUT2D eigenvalue weighted by molar-refractivity contribution is -0.126. The third-order valence-electron chi connectivity index (χ3n) is 5.01. The number of hydrogen-bond acceptors (Lipinski definition) is 9. The monoisotopic (exact) mass is 554 g/mol. The van der Waals surface area contributed by atoms with E-state index >= 15 is 0 Å². The van der Waals surface area contributed by atoms with Crippen LogP contribution in [0.1, 0.15) is 40.7 Å². The standard InChI is InChI=1S/C24H38N6O7S/c1-17(2)21(30-16-20(28-29-30)18-6-8-19(9-7-18)38(25,33)34)22(31)26-10-12-35-14-15-36-13-11-27-23(32)37-24(3,4)5/h6-9,16-17,21H,10-15H2,1-5H3,(H,26,31)(H,27,32)(H2,25,33,34)/t21-/m0/s1. The Balaban J connectivity index is 1.71. The first-order valence-electron chi connectivity index (χ1n) is 12.2. The number of carbonyl (C=O) groups excluding carboxylic acids is 2. The van der Waals surface area contributed by atoms with E-state index in [-0.39, 0.29) is 16.7 Å². The quantitative estimate of drug-likeness (QED) is 0.292. The molecule has 0 saturated carbocycles. The van der Waals surface area contributed by atoms with E-state index in [9.17, 15) is 18.0 Å². The summed E-state index contributed by atoms with van der Waals surface area (Å²) in [6.07, 6.45) is 1.15. The summed E-state index contributed by atoms with van der Waals surface area (Å²) in [5.74, 6) is -0.299. The highest BCUT2D eigenvalue weighted by Crippen LogP contribution is 2.22. The minimum atomic E-state index is -3.79. The number of carbonyl (C=O) groups is 2. The predicted molar refractivity (Wildman–Crippen MR) is 140 cm³/mol. The number of benzene rings is 1. The number of alkyl carbamates (subject to hydrolysis) is 1. The molecule has 0 fully saturated rings. The van der Waals surface area contributed by atoms with E-state index in [1.54, 1.807) is 39.1 Å². The Labute approximate surface area is 223 Å². The molecule has 1 heterocycles. The fourth-order valence-corrected chi connectivity index (χ4v) is 3.82. The van der Waals surface area contributed by atoms with Gasteiger partial charge in [-0.15, -0.1) is 5.10 Å². The van der Waals surface area contributed by atoms with Crippen molar-refractivity contribution in [2.45, 2.75) is 51.2 Å². The zero-order chi connectivity index (χ0) is 28.3. The van der Waals surface area contributed by atoms with Gasteiger partial charge >= 0.3 is 6.09 Å². The summed E-state index contributed by atoms with van der Waals surface area (Å²) in [4.78, 5) is 24.4. The van der Waals surface area contributed by atoms with Gasteiger partial charge in [-0.25, -0.2) is 23.0 Å². The molecule has 2 amide bonds.